The lowest BCUT2D eigenvalue weighted by atomic mass is 10.2. The van der Waals surface area contributed by atoms with Crippen molar-refractivity contribution in [1.82, 2.24) is 4.98 Å². The summed E-state index contributed by atoms with van der Waals surface area (Å²) in [6, 6.07) is 13.7. The molecule has 0 amide bonds. The summed E-state index contributed by atoms with van der Waals surface area (Å²) in [5, 5.41) is 8.98. The maximum absolute atomic E-state index is 8.98. The highest BCUT2D eigenvalue weighted by Crippen LogP contribution is 2.12. The number of rotatable bonds is 9. The number of benzene rings is 1. The zero-order valence-corrected chi connectivity index (χ0v) is 12.0. The molecule has 0 bridgehead atoms. The van der Waals surface area contributed by atoms with Crippen LogP contribution in [0.4, 0.5) is 0 Å². The Balaban J connectivity index is 1.82. The van der Waals surface area contributed by atoms with Gasteiger partial charge in [0, 0.05) is 12.8 Å². The largest absolute Gasteiger partial charge is 0.489 e. The zero-order valence-electron chi connectivity index (χ0n) is 12.0. The first-order valence-corrected chi connectivity index (χ1v) is 7.17. The Labute approximate surface area is 125 Å². The maximum Gasteiger partial charge on any atom is 0.137 e. The van der Waals surface area contributed by atoms with E-state index < -0.39 is 0 Å². The van der Waals surface area contributed by atoms with E-state index in [1.165, 1.54) is 0 Å². The summed E-state index contributed by atoms with van der Waals surface area (Å²) in [6.45, 7) is 1.17. The molecule has 2 aromatic rings. The van der Waals surface area contributed by atoms with Gasteiger partial charge in [-0.1, -0.05) is 30.3 Å². The molecule has 4 heteroatoms. The van der Waals surface area contributed by atoms with E-state index in [0.29, 0.717) is 19.6 Å². The summed E-state index contributed by atoms with van der Waals surface area (Å²) in [7, 11) is 0. The summed E-state index contributed by atoms with van der Waals surface area (Å²) >= 11 is 0. The minimum Gasteiger partial charge on any atom is -0.489 e. The summed E-state index contributed by atoms with van der Waals surface area (Å²) in [5.41, 5.74) is 1.13. The second-order valence-electron chi connectivity index (χ2n) is 4.78. The van der Waals surface area contributed by atoms with Crippen molar-refractivity contribution >= 4 is 0 Å². The molecule has 21 heavy (non-hydrogen) atoms. The molecule has 0 saturated heterocycles. The molecule has 112 valence electrons. The highest BCUT2D eigenvalue weighted by Gasteiger charge is 2.10. The predicted octanol–water partition coefficient (Wildman–Crippen LogP) is 2.82. The van der Waals surface area contributed by atoms with E-state index in [-0.39, 0.29) is 12.7 Å². The summed E-state index contributed by atoms with van der Waals surface area (Å²) in [6.07, 6.45) is 4.82. The Morgan fingerprint density at radius 3 is 2.67 bits per heavy atom. The van der Waals surface area contributed by atoms with Crippen molar-refractivity contribution < 1.29 is 14.6 Å². The van der Waals surface area contributed by atoms with Crippen molar-refractivity contribution in [3.05, 3.63) is 60.4 Å². The molecule has 0 saturated carbocycles. The Morgan fingerprint density at radius 1 is 1.10 bits per heavy atom. The molecule has 1 aromatic heterocycles. The fourth-order valence-electron chi connectivity index (χ4n) is 1.94. The molecular weight excluding hydrogens is 266 g/mol. The van der Waals surface area contributed by atoms with Crippen molar-refractivity contribution in [2.45, 2.75) is 25.6 Å². The fourth-order valence-corrected chi connectivity index (χ4v) is 1.94. The Morgan fingerprint density at radius 2 is 1.95 bits per heavy atom. The number of aliphatic hydroxyl groups excluding tert-OH is 1. The van der Waals surface area contributed by atoms with E-state index in [1.54, 1.807) is 12.4 Å². The van der Waals surface area contributed by atoms with Gasteiger partial charge in [0.25, 0.3) is 0 Å². The summed E-state index contributed by atoms with van der Waals surface area (Å²) in [5.74, 6) is 0.731. The van der Waals surface area contributed by atoms with Gasteiger partial charge < -0.3 is 14.6 Å². The normalized spacial score (nSPS) is 12.0. The van der Waals surface area contributed by atoms with Gasteiger partial charge in [-0.05, 0) is 30.5 Å². The minimum absolute atomic E-state index is 0.0439. The first kappa shape index (κ1) is 15.5. The molecule has 1 unspecified atom stereocenters. The number of aliphatic hydroxyl groups is 1. The Kier molecular flexibility index (Phi) is 6.71. The lowest BCUT2D eigenvalue weighted by Gasteiger charge is -2.18. The third kappa shape index (κ3) is 5.94. The van der Waals surface area contributed by atoms with Crippen molar-refractivity contribution in [3.8, 4) is 5.75 Å². The van der Waals surface area contributed by atoms with Gasteiger partial charge in [-0.2, -0.15) is 0 Å². The number of nitrogens with zero attached hydrogens (tertiary/aromatic N) is 1. The van der Waals surface area contributed by atoms with Crippen molar-refractivity contribution in [2.24, 2.45) is 0 Å². The molecule has 1 atom stereocenters. The van der Waals surface area contributed by atoms with Gasteiger partial charge in [0.15, 0.2) is 0 Å². The summed E-state index contributed by atoms with van der Waals surface area (Å²) < 4.78 is 11.6. The van der Waals surface area contributed by atoms with Crippen LogP contribution in [0.2, 0.25) is 0 Å². The van der Waals surface area contributed by atoms with Gasteiger partial charge in [-0.3, -0.25) is 4.98 Å². The molecule has 2 rings (SSSR count). The van der Waals surface area contributed by atoms with E-state index in [0.717, 1.165) is 17.7 Å². The predicted molar refractivity (Wildman–Crippen MR) is 81.1 cm³/mol. The first-order chi connectivity index (χ1) is 10.4. The highest BCUT2D eigenvalue weighted by atomic mass is 16.5. The van der Waals surface area contributed by atoms with Crippen molar-refractivity contribution in [3.63, 3.8) is 0 Å². The van der Waals surface area contributed by atoms with Gasteiger partial charge in [0.05, 0.1) is 18.9 Å². The third-order valence-electron chi connectivity index (χ3n) is 3.08. The average molecular weight is 287 g/mol. The topological polar surface area (TPSA) is 51.6 Å². The first-order valence-electron chi connectivity index (χ1n) is 7.17. The number of hydrogen-bond acceptors (Lipinski definition) is 4. The quantitative estimate of drug-likeness (QED) is 0.770. The molecule has 0 aliphatic rings. The lowest BCUT2D eigenvalue weighted by Crippen LogP contribution is -2.22. The smallest absolute Gasteiger partial charge is 0.137 e. The van der Waals surface area contributed by atoms with Crippen LogP contribution in [-0.2, 0) is 11.3 Å². The van der Waals surface area contributed by atoms with E-state index in [1.807, 2.05) is 42.5 Å². The van der Waals surface area contributed by atoms with Crippen LogP contribution < -0.4 is 4.74 Å². The van der Waals surface area contributed by atoms with Crippen LogP contribution in [0.1, 0.15) is 18.4 Å². The van der Waals surface area contributed by atoms with Crippen molar-refractivity contribution in [1.29, 1.82) is 0 Å². The Bertz CT molecular complexity index is 446. The van der Waals surface area contributed by atoms with E-state index in [2.05, 4.69) is 4.98 Å². The third-order valence-corrected chi connectivity index (χ3v) is 3.08. The molecule has 1 aromatic carbocycles. The van der Waals surface area contributed by atoms with Crippen LogP contribution in [0, 0.1) is 0 Å². The van der Waals surface area contributed by atoms with Gasteiger partial charge >= 0.3 is 0 Å². The second-order valence-corrected chi connectivity index (χ2v) is 4.78. The molecule has 1 N–H and O–H groups in total. The van der Waals surface area contributed by atoms with Crippen LogP contribution in [0.5, 0.6) is 5.75 Å². The monoisotopic (exact) mass is 287 g/mol. The van der Waals surface area contributed by atoms with Crippen molar-refractivity contribution in [2.75, 3.05) is 13.2 Å². The highest BCUT2D eigenvalue weighted by molar-refractivity contribution is 5.15. The molecule has 0 aliphatic heterocycles. The molecule has 0 fully saturated rings. The summed E-state index contributed by atoms with van der Waals surface area (Å²) in [4.78, 5) is 4.01. The standard InChI is InChI=1S/C17H21NO3/c19-11-5-9-17(14-21-16-8-4-10-18-12-16)20-13-15-6-2-1-3-7-15/h1-4,6-8,10,12,17,19H,5,9,11,13-14H2. The minimum atomic E-state index is -0.0439. The van der Waals surface area contributed by atoms with Crippen LogP contribution >= 0.6 is 0 Å². The average Bonchev–Trinajstić information content (AvgIpc) is 2.56. The van der Waals surface area contributed by atoms with Gasteiger partial charge in [-0.15, -0.1) is 0 Å². The van der Waals surface area contributed by atoms with Crippen LogP contribution in [0.25, 0.3) is 0 Å². The number of pyridine rings is 1. The Hall–Kier alpha value is -1.91. The van der Waals surface area contributed by atoms with E-state index in [9.17, 15) is 0 Å². The molecular formula is C17H21NO3. The zero-order chi connectivity index (χ0) is 14.8. The van der Waals surface area contributed by atoms with Gasteiger partial charge in [0.2, 0.25) is 0 Å². The molecule has 0 spiro atoms. The fraction of sp³-hybridized carbons (Fsp3) is 0.353. The van der Waals surface area contributed by atoms with Gasteiger partial charge in [-0.25, -0.2) is 0 Å². The molecule has 1 heterocycles. The van der Waals surface area contributed by atoms with E-state index in [4.69, 9.17) is 14.6 Å². The van der Waals surface area contributed by atoms with Gasteiger partial charge in [0.1, 0.15) is 12.4 Å². The molecule has 4 nitrogen and oxygen atoms in total. The number of ether oxygens (including phenoxy) is 2. The molecule has 0 radical (unpaired) electrons. The lowest BCUT2D eigenvalue weighted by molar-refractivity contribution is 0.00116. The number of aromatic nitrogens is 1. The van der Waals surface area contributed by atoms with Crippen LogP contribution in [-0.4, -0.2) is 29.4 Å². The second kappa shape index (κ2) is 9.10. The maximum atomic E-state index is 8.98. The van der Waals surface area contributed by atoms with Crippen LogP contribution in [0.15, 0.2) is 54.9 Å². The van der Waals surface area contributed by atoms with E-state index >= 15 is 0 Å². The van der Waals surface area contributed by atoms with Crippen LogP contribution in [0.3, 0.4) is 0 Å². The number of hydrogen-bond donors (Lipinski definition) is 1. The molecule has 0 aliphatic carbocycles. The SMILES string of the molecule is OCCCC(COc1cccnc1)OCc1ccccc1.